The number of ether oxygens (including phenoxy) is 2. The minimum atomic E-state index is -0.0919. The molecule has 5 nitrogen and oxygen atoms in total. The maximum absolute atomic E-state index is 6.16. The van der Waals surface area contributed by atoms with E-state index < -0.39 is 0 Å². The Hall–Kier alpha value is -2.14. The van der Waals surface area contributed by atoms with Crippen molar-refractivity contribution < 1.29 is 9.47 Å². The van der Waals surface area contributed by atoms with Gasteiger partial charge in [0.2, 0.25) is 0 Å². The second kappa shape index (κ2) is 8.26. The number of rotatable bonds is 5. The molecule has 0 spiro atoms. The highest BCUT2D eigenvalue weighted by molar-refractivity contribution is 5.41. The van der Waals surface area contributed by atoms with Crippen LogP contribution in [0.1, 0.15) is 50.7 Å². The highest BCUT2D eigenvalue weighted by Gasteiger charge is 2.25. The first-order chi connectivity index (χ1) is 12.8. The molecule has 146 valence electrons. The van der Waals surface area contributed by atoms with Crippen LogP contribution < -0.4 is 9.64 Å². The van der Waals surface area contributed by atoms with Crippen LogP contribution in [0.25, 0.3) is 0 Å². The summed E-state index contributed by atoms with van der Waals surface area (Å²) in [6.45, 7) is 10.9. The standard InChI is InChI=1S/C22H31N3O2/c1-16-6-8-18(9-7-16)27-19-10-12-25(13-11-19)20-14-17(15-26-5)23-21(24-20)22(2,3)4/h6-9,14,19H,10-13,15H2,1-5H3. The summed E-state index contributed by atoms with van der Waals surface area (Å²) in [6.07, 6.45) is 2.23. The van der Waals surface area contributed by atoms with Crippen molar-refractivity contribution in [1.29, 1.82) is 0 Å². The number of benzene rings is 1. The topological polar surface area (TPSA) is 47.5 Å². The van der Waals surface area contributed by atoms with Gasteiger partial charge in [0.1, 0.15) is 23.5 Å². The van der Waals surface area contributed by atoms with Gasteiger partial charge in [0.15, 0.2) is 0 Å². The molecule has 3 rings (SSSR count). The number of aryl methyl sites for hydroxylation is 1. The normalized spacial score (nSPS) is 15.8. The quantitative estimate of drug-likeness (QED) is 0.787. The number of piperidine rings is 1. The Bertz CT molecular complexity index is 745. The number of nitrogens with zero attached hydrogens (tertiary/aromatic N) is 3. The Morgan fingerprint density at radius 2 is 1.74 bits per heavy atom. The molecule has 27 heavy (non-hydrogen) atoms. The molecule has 1 saturated heterocycles. The maximum Gasteiger partial charge on any atom is 0.136 e. The van der Waals surface area contributed by atoms with Crippen LogP contribution in [0.15, 0.2) is 30.3 Å². The van der Waals surface area contributed by atoms with Crippen LogP contribution >= 0.6 is 0 Å². The molecular formula is C22H31N3O2. The third kappa shape index (κ3) is 5.19. The van der Waals surface area contributed by atoms with Gasteiger partial charge in [-0.05, 0) is 19.1 Å². The molecule has 1 aromatic heterocycles. The fraction of sp³-hybridized carbons (Fsp3) is 0.545. The summed E-state index contributed by atoms with van der Waals surface area (Å²) < 4.78 is 11.5. The van der Waals surface area contributed by atoms with Gasteiger partial charge in [-0.15, -0.1) is 0 Å². The van der Waals surface area contributed by atoms with Crippen molar-refractivity contribution in [2.24, 2.45) is 0 Å². The summed E-state index contributed by atoms with van der Waals surface area (Å²) in [5, 5.41) is 0. The minimum Gasteiger partial charge on any atom is -0.490 e. The van der Waals surface area contributed by atoms with Crippen molar-refractivity contribution in [2.45, 2.75) is 58.7 Å². The second-order valence-corrected chi connectivity index (χ2v) is 8.34. The molecule has 5 heteroatoms. The van der Waals surface area contributed by atoms with E-state index in [2.05, 4.69) is 67.9 Å². The van der Waals surface area contributed by atoms with Crippen molar-refractivity contribution in [3.8, 4) is 5.75 Å². The number of hydrogen-bond donors (Lipinski definition) is 0. The Balaban J connectivity index is 1.67. The van der Waals surface area contributed by atoms with E-state index in [-0.39, 0.29) is 11.5 Å². The summed E-state index contributed by atoms with van der Waals surface area (Å²) in [5.41, 5.74) is 2.10. The van der Waals surface area contributed by atoms with E-state index in [1.165, 1.54) is 5.56 Å². The smallest absolute Gasteiger partial charge is 0.136 e. The monoisotopic (exact) mass is 369 g/mol. The first-order valence-corrected chi connectivity index (χ1v) is 9.71. The third-order valence-electron chi connectivity index (χ3n) is 4.82. The lowest BCUT2D eigenvalue weighted by Gasteiger charge is -2.33. The molecule has 0 saturated carbocycles. The molecule has 1 aliphatic rings. The summed E-state index contributed by atoms with van der Waals surface area (Å²) in [4.78, 5) is 11.9. The van der Waals surface area contributed by atoms with Crippen molar-refractivity contribution in [3.63, 3.8) is 0 Å². The van der Waals surface area contributed by atoms with Crippen LogP contribution in [-0.4, -0.2) is 36.3 Å². The summed E-state index contributed by atoms with van der Waals surface area (Å²) >= 11 is 0. The van der Waals surface area contributed by atoms with E-state index in [0.29, 0.717) is 6.61 Å². The molecule has 0 unspecified atom stereocenters. The Kier molecular flexibility index (Phi) is 6.00. The van der Waals surface area contributed by atoms with Gasteiger partial charge in [0, 0.05) is 44.5 Å². The summed E-state index contributed by atoms with van der Waals surface area (Å²) in [7, 11) is 1.70. The zero-order chi connectivity index (χ0) is 19.4. The zero-order valence-electron chi connectivity index (χ0n) is 17.2. The molecular weight excluding hydrogens is 338 g/mol. The fourth-order valence-electron chi connectivity index (χ4n) is 3.21. The molecule has 0 N–H and O–H groups in total. The number of hydrogen-bond acceptors (Lipinski definition) is 5. The van der Waals surface area contributed by atoms with Gasteiger partial charge in [-0.25, -0.2) is 9.97 Å². The molecule has 1 aromatic carbocycles. The van der Waals surface area contributed by atoms with Gasteiger partial charge in [-0.1, -0.05) is 38.5 Å². The first-order valence-electron chi connectivity index (χ1n) is 9.71. The first kappa shape index (κ1) is 19.6. The molecule has 0 atom stereocenters. The second-order valence-electron chi connectivity index (χ2n) is 8.34. The van der Waals surface area contributed by atoms with Crippen LogP contribution in [-0.2, 0) is 16.8 Å². The number of aromatic nitrogens is 2. The van der Waals surface area contributed by atoms with Gasteiger partial charge >= 0.3 is 0 Å². The van der Waals surface area contributed by atoms with Gasteiger partial charge in [-0.2, -0.15) is 0 Å². The van der Waals surface area contributed by atoms with Gasteiger partial charge in [-0.3, -0.25) is 0 Å². The highest BCUT2D eigenvalue weighted by atomic mass is 16.5. The molecule has 0 bridgehead atoms. The average molecular weight is 370 g/mol. The van der Waals surface area contributed by atoms with Crippen molar-refractivity contribution >= 4 is 5.82 Å². The third-order valence-corrected chi connectivity index (χ3v) is 4.82. The lowest BCUT2D eigenvalue weighted by Crippen LogP contribution is -2.39. The molecule has 2 heterocycles. The maximum atomic E-state index is 6.16. The van der Waals surface area contributed by atoms with Gasteiger partial charge in [0.25, 0.3) is 0 Å². The summed E-state index contributed by atoms with van der Waals surface area (Å²) in [5.74, 6) is 2.82. The van der Waals surface area contributed by atoms with Gasteiger partial charge in [0.05, 0.1) is 12.3 Å². The van der Waals surface area contributed by atoms with Crippen molar-refractivity contribution in [1.82, 2.24) is 9.97 Å². The number of methoxy groups -OCH3 is 1. The lowest BCUT2D eigenvalue weighted by atomic mass is 9.95. The minimum absolute atomic E-state index is 0.0919. The van der Waals surface area contributed by atoms with Crippen LogP contribution in [0, 0.1) is 6.92 Å². The SMILES string of the molecule is COCc1cc(N2CCC(Oc3ccc(C)cc3)CC2)nc(C(C)(C)C)n1. The van der Waals surface area contributed by atoms with E-state index >= 15 is 0 Å². The molecule has 2 aromatic rings. The fourth-order valence-corrected chi connectivity index (χ4v) is 3.21. The van der Waals surface area contributed by atoms with Crippen molar-refractivity contribution in [3.05, 3.63) is 47.4 Å². The van der Waals surface area contributed by atoms with Crippen LogP contribution in [0.4, 0.5) is 5.82 Å². The Morgan fingerprint density at radius 3 is 2.33 bits per heavy atom. The average Bonchev–Trinajstić information content (AvgIpc) is 2.64. The van der Waals surface area contributed by atoms with Crippen LogP contribution in [0.2, 0.25) is 0 Å². The van der Waals surface area contributed by atoms with E-state index in [4.69, 9.17) is 14.5 Å². The molecule has 0 radical (unpaired) electrons. The molecule has 0 aliphatic carbocycles. The van der Waals surface area contributed by atoms with Crippen LogP contribution in [0.3, 0.4) is 0 Å². The Morgan fingerprint density at radius 1 is 1.07 bits per heavy atom. The molecule has 0 amide bonds. The van der Waals surface area contributed by atoms with Crippen LogP contribution in [0.5, 0.6) is 5.75 Å². The lowest BCUT2D eigenvalue weighted by molar-refractivity contribution is 0.170. The van der Waals surface area contributed by atoms with E-state index in [0.717, 1.165) is 49.0 Å². The predicted molar refractivity (Wildman–Crippen MR) is 108 cm³/mol. The number of anilines is 1. The predicted octanol–water partition coefficient (Wildman–Crippen LogP) is 4.28. The van der Waals surface area contributed by atoms with E-state index in [1.807, 2.05) is 0 Å². The molecule has 1 fully saturated rings. The van der Waals surface area contributed by atoms with Gasteiger partial charge < -0.3 is 14.4 Å². The summed E-state index contributed by atoms with van der Waals surface area (Å²) in [6, 6.07) is 10.4. The molecule has 1 aliphatic heterocycles. The van der Waals surface area contributed by atoms with E-state index in [9.17, 15) is 0 Å². The Labute approximate surface area is 162 Å². The van der Waals surface area contributed by atoms with E-state index in [1.54, 1.807) is 7.11 Å². The largest absolute Gasteiger partial charge is 0.490 e. The van der Waals surface area contributed by atoms with Crippen molar-refractivity contribution in [2.75, 3.05) is 25.1 Å². The zero-order valence-corrected chi connectivity index (χ0v) is 17.2. The highest BCUT2D eigenvalue weighted by Crippen LogP contribution is 2.26.